The summed E-state index contributed by atoms with van der Waals surface area (Å²) in [5.74, 6) is 0.615. The number of piperazine rings is 1. The lowest BCUT2D eigenvalue weighted by molar-refractivity contribution is -0.133. The number of fused-ring (bicyclic) bond motifs is 1. The van der Waals surface area contributed by atoms with Crippen LogP contribution in [0.25, 0.3) is 10.9 Å². The number of anilines is 1. The first-order chi connectivity index (χ1) is 19.5. The van der Waals surface area contributed by atoms with E-state index < -0.39 is 0 Å². The molecule has 2 aliphatic rings. The maximum Gasteiger partial charge on any atom is 0.253 e. The number of pyridine rings is 1. The molecular formula is C30H31N7O3. The Morgan fingerprint density at radius 3 is 2.42 bits per heavy atom. The zero-order chi connectivity index (χ0) is 27.5. The topological polar surface area (TPSA) is 112 Å². The zero-order valence-corrected chi connectivity index (χ0v) is 22.1. The molecule has 0 atom stereocenters. The first-order valence-corrected chi connectivity index (χ1v) is 13.6. The van der Waals surface area contributed by atoms with Crippen LogP contribution in [0.5, 0.6) is 0 Å². The molecule has 0 saturated carbocycles. The largest absolute Gasteiger partial charge is 0.365 e. The number of rotatable bonds is 8. The van der Waals surface area contributed by atoms with E-state index >= 15 is 0 Å². The molecule has 2 amide bonds. The second-order valence-corrected chi connectivity index (χ2v) is 10.3. The Bertz CT molecular complexity index is 1540. The fourth-order valence-corrected chi connectivity index (χ4v) is 5.02. The van der Waals surface area contributed by atoms with E-state index in [0.29, 0.717) is 49.3 Å². The van der Waals surface area contributed by atoms with Crippen molar-refractivity contribution in [2.24, 2.45) is 0 Å². The van der Waals surface area contributed by atoms with Crippen molar-refractivity contribution in [3.63, 3.8) is 0 Å². The van der Waals surface area contributed by atoms with Gasteiger partial charge in [-0.15, -0.1) is 0 Å². The van der Waals surface area contributed by atoms with Crippen LogP contribution in [0.3, 0.4) is 0 Å². The SMILES string of the molecule is O=C(Cc1ccc2nn(CC(=O)N3CCN(C(=O)c4ccccc4)CC3)cc2c1)c1cccc(NC2CNC2)n1. The van der Waals surface area contributed by atoms with Crippen LogP contribution < -0.4 is 10.6 Å². The Labute approximate surface area is 232 Å². The van der Waals surface area contributed by atoms with Crippen molar-refractivity contribution in [2.45, 2.75) is 19.0 Å². The van der Waals surface area contributed by atoms with Crippen LogP contribution in [0.2, 0.25) is 0 Å². The van der Waals surface area contributed by atoms with Gasteiger partial charge in [0.1, 0.15) is 18.1 Å². The molecule has 0 spiro atoms. The second kappa shape index (κ2) is 11.3. The molecule has 0 radical (unpaired) electrons. The van der Waals surface area contributed by atoms with Crippen LogP contribution in [-0.2, 0) is 17.8 Å². The van der Waals surface area contributed by atoms with Gasteiger partial charge in [0.05, 0.1) is 11.6 Å². The fourth-order valence-electron chi connectivity index (χ4n) is 5.02. The van der Waals surface area contributed by atoms with Gasteiger partial charge >= 0.3 is 0 Å². The molecule has 4 aromatic rings. The van der Waals surface area contributed by atoms with Crippen molar-refractivity contribution in [3.05, 3.63) is 89.7 Å². The van der Waals surface area contributed by atoms with Gasteiger partial charge in [-0.25, -0.2) is 4.98 Å². The Morgan fingerprint density at radius 2 is 1.68 bits per heavy atom. The minimum atomic E-state index is -0.0535. The van der Waals surface area contributed by atoms with E-state index in [1.54, 1.807) is 20.5 Å². The van der Waals surface area contributed by atoms with E-state index in [9.17, 15) is 14.4 Å². The van der Waals surface area contributed by atoms with Crippen LogP contribution in [-0.4, -0.2) is 87.5 Å². The Hall–Kier alpha value is -4.57. The Morgan fingerprint density at radius 1 is 0.900 bits per heavy atom. The molecule has 2 aromatic heterocycles. The predicted molar refractivity (Wildman–Crippen MR) is 151 cm³/mol. The minimum Gasteiger partial charge on any atom is -0.365 e. The summed E-state index contributed by atoms with van der Waals surface area (Å²) in [7, 11) is 0. The number of carbonyl (C=O) groups excluding carboxylic acids is 3. The highest BCUT2D eigenvalue weighted by Gasteiger charge is 2.25. The lowest BCUT2D eigenvalue weighted by Gasteiger charge is -2.34. The second-order valence-electron chi connectivity index (χ2n) is 10.3. The quantitative estimate of drug-likeness (QED) is 0.332. The molecule has 0 aliphatic carbocycles. The summed E-state index contributed by atoms with van der Waals surface area (Å²) in [6, 6.07) is 20.7. The minimum absolute atomic E-state index is 0.00770. The normalized spacial score (nSPS) is 15.6. The Balaban J connectivity index is 1.05. The number of nitrogens with zero attached hydrogens (tertiary/aromatic N) is 5. The third kappa shape index (κ3) is 5.72. The molecular weight excluding hydrogens is 506 g/mol. The number of hydrogen-bond donors (Lipinski definition) is 2. The van der Waals surface area contributed by atoms with E-state index in [1.165, 1.54) is 0 Å². The number of ketones is 1. The smallest absolute Gasteiger partial charge is 0.253 e. The van der Waals surface area contributed by atoms with Crippen LogP contribution in [0.15, 0.2) is 72.9 Å². The average Bonchev–Trinajstić information content (AvgIpc) is 3.36. The summed E-state index contributed by atoms with van der Waals surface area (Å²) in [6.45, 7) is 3.90. The van der Waals surface area contributed by atoms with E-state index in [1.807, 2.05) is 66.9 Å². The van der Waals surface area contributed by atoms with Crippen molar-refractivity contribution in [3.8, 4) is 0 Å². The number of aromatic nitrogens is 3. The molecule has 204 valence electrons. The van der Waals surface area contributed by atoms with Gasteiger partial charge in [-0.2, -0.15) is 5.10 Å². The first kappa shape index (κ1) is 25.7. The predicted octanol–water partition coefficient (Wildman–Crippen LogP) is 2.22. The lowest BCUT2D eigenvalue weighted by Crippen LogP contribution is -2.51. The molecule has 4 heterocycles. The van der Waals surface area contributed by atoms with E-state index in [-0.39, 0.29) is 30.6 Å². The summed E-state index contributed by atoms with van der Waals surface area (Å²) in [4.78, 5) is 46.7. The zero-order valence-electron chi connectivity index (χ0n) is 22.1. The molecule has 10 heteroatoms. The van der Waals surface area contributed by atoms with Gasteiger partial charge in [0.15, 0.2) is 5.78 Å². The van der Waals surface area contributed by atoms with E-state index in [2.05, 4.69) is 20.7 Å². The number of hydrogen-bond acceptors (Lipinski definition) is 7. The number of carbonyl (C=O) groups is 3. The highest BCUT2D eigenvalue weighted by Crippen LogP contribution is 2.18. The fraction of sp³-hybridized carbons (Fsp3) is 0.300. The maximum atomic E-state index is 13.0. The van der Waals surface area contributed by atoms with E-state index in [4.69, 9.17) is 0 Å². The van der Waals surface area contributed by atoms with Crippen molar-refractivity contribution >= 4 is 34.3 Å². The molecule has 6 rings (SSSR count). The molecule has 2 fully saturated rings. The van der Waals surface area contributed by atoms with Gasteiger partial charge in [0.2, 0.25) is 5.91 Å². The molecule has 2 saturated heterocycles. The molecule has 0 unspecified atom stereocenters. The van der Waals surface area contributed by atoms with Gasteiger partial charge in [-0.05, 0) is 42.0 Å². The average molecular weight is 538 g/mol. The van der Waals surface area contributed by atoms with Crippen molar-refractivity contribution < 1.29 is 14.4 Å². The number of nitrogens with one attached hydrogen (secondary N) is 2. The van der Waals surface area contributed by atoms with E-state index in [0.717, 1.165) is 29.6 Å². The third-order valence-electron chi connectivity index (χ3n) is 7.39. The summed E-state index contributed by atoms with van der Waals surface area (Å²) in [5, 5.41) is 12.0. The van der Waals surface area contributed by atoms with Gasteiger partial charge in [0.25, 0.3) is 5.91 Å². The van der Waals surface area contributed by atoms with Crippen molar-refractivity contribution in [2.75, 3.05) is 44.6 Å². The highest BCUT2D eigenvalue weighted by atomic mass is 16.2. The van der Waals surface area contributed by atoms with Crippen molar-refractivity contribution in [1.29, 1.82) is 0 Å². The summed E-state index contributed by atoms with van der Waals surface area (Å²) in [5.41, 5.74) is 2.73. The highest BCUT2D eigenvalue weighted by molar-refractivity contribution is 5.96. The van der Waals surface area contributed by atoms with Crippen LogP contribution in [0.1, 0.15) is 26.4 Å². The summed E-state index contributed by atoms with van der Waals surface area (Å²) in [6.07, 6.45) is 2.07. The molecule has 0 bridgehead atoms. The number of Topliss-reactive ketones (excluding diaryl/α,β-unsaturated/α-hetero) is 1. The maximum absolute atomic E-state index is 13.0. The monoisotopic (exact) mass is 537 g/mol. The third-order valence-corrected chi connectivity index (χ3v) is 7.39. The van der Waals surface area contributed by atoms with Gasteiger partial charge in [-0.3, -0.25) is 19.1 Å². The molecule has 10 nitrogen and oxygen atoms in total. The molecule has 40 heavy (non-hydrogen) atoms. The summed E-state index contributed by atoms with van der Waals surface area (Å²) >= 11 is 0. The number of amides is 2. The summed E-state index contributed by atoms with van der Waals surface area (Å²) < 4.78 is 1.64. The Kier molecular flexibility index (Phi) is 7.24. The van der Waals surface area contributed by atoms with Gasteiger partial charge in [0, 0.05) is 62.8 Å². The standard InChI is InChI=1S/C30H31N7O3/c38-27(26-7-4-8-28(33-26)32-24-17-31-18-24)16-21-9-10-25-23(15-21)19-37(34-25)20-29(39)35-11-13-36(14-12-35)30(40)22-5-2-1-3-6-22/h1-10,15,19,24,31H,11-14,16-18,20H2,(H,32,33). The first-order valence-electron chi connectivity index (χ1n) is 13.6. The molecule has 2 aromatic carbocycles. The lowest BCUT2D eigenvalue weighted by atomic mass is 10.0. The van der Waals surface area contributed by atoms with Crippen LogP contribution in [0.4, 0.5) is 5.82 Å². The molecule has 2 N–H and O–H groups in total. The molecule has 2 aliphatic heterocycles. The van der Waals surface area contributed by atoms with Gasteiger partial charge < -0.3 is 20.4 Å². The van der Waals surface area contributed by atoms with Crippen LogP contribution >= 0.6 is 0 Å². The van der Waals surface area contributed by atoms with Crippen molar-refractivity contribution in [1.82, 2.24) is 29.9 Å². The van der Waals surface area contributed by atoms with Gasteiger partial charge in [-0.1, -0.05) is 30.3 Å². The number of benzene rings is 2. The van der Waals surface area contributed by atoms with Crippen LogP contribution in [0, 0.1) is 0 Å².